The molecule has 4 heterocycles. The summed E-state index contributed by atoms with van der Waals surface area (Å²) < 4.78 is 1.72. The SMILES string of the molecule is OCc1c(-c2cccnc2)nc2sc(-c3cccs3)nn12. The molecule has 4 rings (SSSR count). The van der Waals surface area contributed by atoms with Crippen LogP contribution in [0, 0.1) is 0 Å². The summed E-state index contributed by atoms with van der Waals surface area (Å²) in [6.45, 7) is -0.112. The van der Waals surface area contributed by atoms with Crippen molar-refractivity contribution < 1.29 is 5.11 Å². The maximum absolute atomic E-state index is 9.69. The van der Waals surface area contributed by atoms with Gasteiger partial charge < -0.3 is 5.11 Å². The fourth-order valence-electron chi connectivity index (χ4n) is 2.17. The molecule has 7 heteroatoms. The highest BCUT2D eigenvalue weighted by Crippen LogP contribution is 2.32. The lowest BCUT2D eigenvalue weighted by Crippen LogP contribution is -1.95. The number of hydrogen-bond acceptors (Lipinski definition) is 6. The molecule has 21 heavy (non-hydrogen) atoms. The van der Waals surface area contributed by atoms with Gasteiger partial charge in [0, 0.05) is 18.0 Å². The predicted octanol–water partition coefficient (Wildman–Crippen LogP) is 3.07. The predicted molar refractivity (Wildman–Crippen MR) is 83.3 cm³/mol. The molecule has 4 aromatic rings. The summed E-state index contributed by atoms with van der Waals surface area (Å²) in [5.74, 6) is 0. The molecule has 104 valence electrons. The summed E-state index contributed by atoms with van der Waals surface area (Å²) >= 11 is 3.16. The Balaban J connectivity index is 1.90. The molecule has 0 bridgehead atoms. The number of thiophene rings is 1. The molecule has 0 aliphatic carbocycles. The number of rotatable bonds is 3. The van der Waals surface area contributed by atoms with E-state index < -0.39 is 0 Å². The van der Waals surface area contributed by atoms with Gasteiger partial charge in [0.05, 0.1) is 22.9 Å². The van der Waals surface area contributed by atoms with Crippen molar-refractivity contribution >= 4 is 27.6 Å². The first-order chi connectivity index (χ1) is 10.4. The van der Waals surface area contributed by atoms with Crippen molar-refractivity contribution in [1.82, 2.24) is 19.6 Å². The molecule has 0 atom stereocenters. The number of aromatic nitrogens is 4. The Morgan fingerprint density at radius 1 is 1.24 bits per heavy atom. The topological polar surface area (TPSA) is 63.3 Å². The van der Waals surface area contributed by atoms with Crippen LogP contribution < -0.4 is 0 Å². The van der Waals surface area contributed by atoms with Crippen LogP contribution in [0.15, 0.2) is 42.0 Å². The van der Waals surface area contributed by atoms with Crippen LogP contribution in [0.5, 0.6) is 0 Å². The standard InChI is InChI=1S/C14H10N4OS2/c19-8-10-12(9-3-1-5-15-7-9)16-14-18(10)17-13(21-14)11-4-2-6-20-11/h1-7,19H,8H2. The van der Waals surface area contributed by atoms with Crippen molar-refractivity contribution in [2.45, 2.75) is 6.61 Å². The molecular formula is C14H10N4OS2. The smallest absolute Gasteiger partial charge is 0.213 e. The van der Waals surface area contributed by atoms with E-state index in [1.54, 1.807) is 28.2 Å². The number of nitrogens with zero attached hydrogens (tertiary/aromatic N) is 4. The molecule has 0 unspecified atom stereocenters. The molecule has 4 aromatic heterocycles. The van der Waals surface area contributed by atoms with Gasteiger partial charge in [0.2, 0.25) is 4.96 Å². The van der Waals surface area contributed by atoms with E-state index in [1.165, 1.54) is 11.3 Å². The third-order valence-corrected chi connectivity index (χ3v) is 5.06. The largest absolute Gasteiger partial charge is 0.390 e. The molecule has 0 aromatic carbocycles. The number of pyridine rings is 1. The van der Waals surface area contributed by atoms with Crippen LogP contribution in [0.1, 0.15) is 5.69 Å². The van der Waals surface area contributed by atoms with Crippen molar-refractivity contribution in [3.8, 4) is 21.1 Å². The van der Waals surface area contributed by atoms with Gasteiger partial charge in [0.25, 0.3) is 0 Å². The van der Waals surface area contributed by atoms with Crippen LogP contribution >= 0.6 is 22.7 Å². The average molecular weight is 314 g/mol. The first-order valence-electron chi connectivity index (χ1n) is 6.30. The van der Waals surface area contributed by atoms with Gasteiger partial charge in [-0.15, -0.1) is 11.3 Å². The lowest BCUT2D eigenvalue weighted by molar-refractivity contribution is 0.275. The van der Waals surface area contributed by atoms with Crippen LogP contribution in [0.3, 0.4) is 0 Å². The molecule has 1 N–H and O–H groups in total. The normalized spacial score (nSPS) is 11.3. The summed E-state index contributed by atoms with van der Waals surface area (Å²) in [5.41, 5.74) is 2.32. The van der Waals surface area contributed by atoms with Crippen molar-refractivity contribution in [1.29, 1.82) is 0 Å². The second-order valence-electron chi connectivity index (χ2n) is 4.39. The van der Waals surface area contributed by atoms with Crippen molar-refractivity contribution in [2.75, 3.05) is 0 Å². The average Bonchev–Trinajstić information content (AvgIpc) is 3.22. The number of aliphatic hydroxyl groups is 1. The number of imidazole rings is 1. The third-order valence-electron chi connectivity index (χ3n) is 3.11. The van der Waals surface area contributed by atoms with Gasteiger partial charge in [-0.3, -0.25) is 4.98 Å². The Kier molecular flexibility index (Phi) is 3.03. The summed E-state index contributed by atoms with van der Waals surface area (Å²) in [6.07, 6.45) is 3.46. The second kappa shape index (κ2) is 5.03. The fourth-order valence-corrected chi connectivity index (χ4v) is 3.88. The molecule has 0 amide bonds. The Labute approximate surface area is 128 Å². The summed E-state index contributed by atoms with van der Waals surface area (Å²) in [4.78, 5) is 10.6. The van der Waals surface area contributed by atoms with E-state index in [9.17, 15) is 5.11 Å². The molecular weight excluding hydrogens is 304 g/mol. The zero-order valence-electron chi connectivity index (χ0n) is 10.8. The minimum absolute atomic E-state index is 0.112. The van der Waals surface area contributed by atoms with Gasteiger partial charge in [-0.2, -0.15) is 5.10 Å². The van der Waals surface area contributed by atoms with E-state index in [0.29, 0.717) is 5.69 Å². The lowest BCUT2D eigenvalue weighted by atomic mass is 10.2. The van der Waals surface area contributed by atoms with Gasteiger partial charge in [-0.05, 0) is 23.6 Å². The van der Waals surface area contributed by atoms with E-state index in [1.807, 2.05) is 29.6 Å². The zero-order chi connectivity index (χ0) is 14.2. The van der Waals surface area contributed by atoms with Crippen molar-refractivity contribution in [3.63, 3.8) is 0 Å². The van der Waals surface area contributed by atoms with Crippen LogP contribution in [0.2, 0.25) is 0 Å². The van der Waals surface area contributed by atoms with Gasteiger partial charge in [0.1, 0.15) is 0 Å². The van der Waals surface area contributed by atoms with E-state index in [2.05, 4.69) is 15.1 Å². The highest BCUT2D eigenvalue weighted by molar-refractivity contribution is 7.23. The van der Waals surface area contributed by atoms with Crippen molar-refractivity contribution in [2.24, 2.45) is 0 Å². The van der Waals surface area contributed by atoms with E-state index in [4.69, 9.17) is 0 Å². The second-order valence-corrected chi connectivity index (χ2v) is 6.29. The van der Waals surface area contributed by atoms with E-state index >= 15 is 0 Å². The highest BCUT2D eigenvalue weighted by atomic mass is 32.1. The molecule has 0 saturated carbocycles. The minimum Gasteiger partial charge on any atom is -0.390 e. The Bertz CT molecular complexity index is 881. The first kappa shape index (κ1) is 12.6. The van der Waals surface area contributed by atoms with Crippen LogP contribution in [-0.2, 0) is 6.61 Å². The summed E-state index contributed by atoms with van der Waals surface area (Å²) in [5, 5.41) is 17.2. The Hall–Kier alpha value is -2.09. The molecule has 0 spiro atoms. The lowest BCUT2D eigenvalue weighted by Gasteiger charge is -1.99. The Morgan fingerprint density at radius 3 is 2.90 bits per heavy atom. The summed E-state index contributed by atoms with van der Waals surface area (Å²) in [7, 11) is 0. The van der Waals surface area contributed by atoms with E-state index in [0.717, 1.165) is 26.1 Å². The summed E-state index contributed by atoms with van der Waals surface area (Å²) in [6, 6.07) is 7.81. The maximum Gasteiger partial charge on any atom is 0.213 e. The molecule has 0 radical (unpaired) electrons. The van der Waals surface area contributed by atoms with Crippen molar-refractivity contribution in [3.05, 3.63) is 47.7 Å². The Morgan fingerprint density at radius 2 is 2.19 bits per heavy atom. The third kappa shape index (κ3) is 2.06. The quantitative estimate of drug-likeness (QED) is 0.631. The maximum atomic E-state index is 9.69. The molecule has 0 fully saturated rings. The van der Waals surface area contributed by atoms with Crippen LogP contribution in [0.25, 0.3) is 26.1 Å². The van der Waals surface area contributed by atoms with Gasteiger partial charge in [0.15, 0.2) is 5.01 Å². The van der Waals surface area contributed by atoms with Gasteiger partial charge in [-0.25, -0.2) is 9.50 Å². The monoisotopic (exact) mass is 314 g/mol. The van der Waals surface area contributed by atoms with E-state index in [-0.39, 0.29) is 6.61 Å². The highest BCUT2D eigenvalue weighted by Gasteiger charge is 2.18. The number of aliphatic hydroxyl groups excluding tert-OH is 1. The first-order valence-corrected chi connectivity index (χ1v) is 8.00. The number of fused-ring (bicyclic) bond motifs is 1. The number of hydrogen-bond donors (Lipinski definition) is 1. The molecule has 0 aliphatic heterocycles. The van der Waals surface area contributed by atoms with Gasteiger partial charge in [-0.1, -0.05) is 17.4 Å². The minimum atomic E-state index is -0.112. The fraction of sp³-hybridized carbons (Fsp3) is 0.0714. The molecule has 5 nitrogen and oxygen atoms in total. The van der Waals surface area contributed by atoms with Gasteiger partial charge >= 0.3 is 0 Å². The van der Waals surface area contributed by atoms with Crippen LogP contribution in [-0.4, -0.2) is 24.7 Å². The van der Waals surface area contributed by atoms with Crippen LogP contribution in [0.4, 0.5) is 0 Å². The molecule has 0 saturated heterocycles. The zero-order valence-corrected chi connectivity index (χ0v) is 12.4. The molecule has 0 aliphatic rings.